The Labute approximate surface area is 179 Å². The number of aliphatic hydroxyl groups excluding tert-OH is 1. The first-order valence-electron chi connectivity index (χ1n) is 9.01. The average molecular weight is 436 g/mol. The normalized spacial score (nSPS) is 12.5. The van der Waals surface area contributed by atoms with Gasteiger partial charge in [0.05, 0.1) is 5.69 Å². The summed E-state index contributed by atoms with van der Waals surface area (Å²) in [4.78, 5) is 5.69. The van der Waals surface area contributed by atoms with Crippen LogP contribution in [0.25, 0.3) is 0 Å². The second-order valence-corrected chi connectivity index (χ2v) is 8.96. The number of aliphatic hydroxyl groups is 1. The summed E-state index contributed by atoms with van der Waals surface area (Å²) in [5, 5.41) is 12.5. The molecule has 148 valence electrons. The summed E-state index contributed by atoms with van der Waals surface area (Å²) in [6.45, 7) is 6.47. The molecule has 0 saturated carbocycles. The first-order chi connectivity index (χ1) is 13.2. The lowest BCUT2D eigenvalue weighted by atomic mass is 10.1. The number of rotatable bonds is 6. The highest BCUT2D eigenvalue weighted by molar-refractivity contribution is 7.99. The fourth-order valence-electron chi connectivity index (χ4n) is 3.00. The van der Waals surface area contributed by atoms with Gasteiger partial charge in [-0.15, -0.1) is 0 Å². The highest BCUT2D eigenvalue weighted by Crippen LogP contribution is 2.38. The van der Waals surface area contributed by atoms with Crippen LogP contribution in [0.5, 0.6) is 0 Å². The Morgan fingerprint density at radius 1 is 1.11 bits per heavy atom. The maximum atomic E-state index is 10.4. The van der Waals surface area contributed by atoms with Crippen LogP contribution in [0.2, 0.25) is 10.0 Å². The molecule has 0 aliphatic carbocycles. The van der Waals surface area contributed by atoms with E-state index in [2.05, 4.69) is 13.8 Å². The molecular weight excluding hydrogens is 413 g/mol. The Morgan fingerprint density at radius 3 is 2.36 bits per heavy atom. The van der Waals surface area contributed by atoms with Crippen LogP contribution in [0.4, 0.5) is 5.69 Å². The lowest BCUT2D eigenvalue weighted by molar-refractivity contribution is 0.183. The molecule has 0 amide bonds. The van der Waals surface area contributed by atoms with Gasteiger partial charge in [-0.1, -0.05) is 60.9 Å². The minimum Gasteiger partial charge on any atom is -0.399 e. The van der Waals surface area contributed by atoms with Gasteiger partial charge >= 0.3 is 0 Å². The molecule has 1 aromatic heterocycles. The molecule has 7 heteroatoms. The summed E-state index contributed by atoms with van der Waals surface area (Å²) >= 11 is 13.9. The molecular formula is C21H23Cl2N3OS. The van der Waals surface area contributed by atoms with Gasteiger partial charge in [0.1, 0.15) is 17.0 Å². The van der Waals surface area contributed by atoms with Crippen molar-refractivity contribution in [3.8, 4) is 0 Å². The summed E-state index contributed by atoms with van der Waals surface area (Å²) in [5.41, 5.74) is 8.63. The van der Waals surface area contributed by atoms with E-state index in [1.54, 1.807) is 24.8 Å². The first-order valence-corrected chi connectivity index (χ1v) is 10.6. The van der Waals surface area contributed by atoms with Crippen LogP contribution >= 0.6 is 35.0 Å². The smallest absolute Gasteiger partial charge is 0.138 e. The van der Waals surface area contributed by atoms with Crippen LogP contribution in [0.1, 0.15) is 49.9 Å². The zero-order valence-corrected chi connectivity index (χ0v) is 18.3. The zero-order valence-electron chi connectivity index (χ0n) is 16.0. The van der Waals surface area contributed by atoms with Crippen molar-refractivity contribution in [1.82, 2.24) is 9.55 Å². The molecule has 3 N–H and O–H groups in total. The second kappa shape index (κ2) is 8.78. The molecule has 1 atom stereocenters. The molecule has 0 bridgehead atoms. The summed E-state index contributed by atoms with van der Waals surface area (Å²) < 4.78 is 2.05. The maximum Gasteiger partial charge on any atom is 0.138 e. The average Bonchev–Trinajstić information content (AvgIpc) is 2.93. The quantitative estimate of drug-likeness (QED) is 0.455. The van der Waals surface area contributed by atoms with Crippen molar-refractivity contribution in [1.29, 1.82) is 0 Å². The Kier molecular flexibility index (Phi) is 6.61. The van der Waals surface area contributed by atoms with E-state index >= 15 is 0 Å². The van der Waals surface area contributed by atoms with Gasteiger partial charge in [-0.05, 0) is 48.7 Å². The number of halogens is 2. The van der Waals surface area contributed by atoms with Crippen molar-refractivity contribution in [2.24, 2.45) is 0 Å². The monoisotopic (exact) mass is 435 g/mol. The number of nitrogens with two attached hydrogens (primary N) is 1. The zero-order chi connectivity index (χ0) is 20.4. The fourth-order valence-corrected chi connectivity index (χ4v) is 4.91. The molecule has 3 aromatic rings. The molecule has 2 aromatic carbocycles. The van der Waals surface area contributed by atoms with Crippen molar-refractivity contribution in [2.75, 3.05) is 5.73 Å². The highest BCUT2D eigenvalue weighted by Gasteiger charge is 2.23. The van der Waals surface area contributed by atoms with E-state index in [9.17, 15) is 5.11 Å². The fraction of sp³-hybridized carbons (Fsp3) is 0.286. The van der Waals surface area contributed by atoms with Crippen LogP contribution in [0.3, 0.4) is 0 Å². The largest absolute Gasteiger partial charge is 0.399 e. The van der Waals surface area contributed by atoms with E-state index in [1.807, 2.05) is 41.0 Å². The number of hydrogen-bond acceptors (Lipinski definition) is 4. The number of hydrogen-bond donors (Lipinski definition) is 2. The van der Waals surface area contributed by atoms with Crippen molar-refractivity contribution >= 4 is 40.7 Å². The van der Waals surface area contributed by atoms with E-state index in [0.29, 0.717) is 28.1 Å². The van der Waals surface area contributed by atoms with E-state index < -0.39 is 6.10 Å². The SMILES string of the molecule is CC(C)c1nc(C(C)O)n(Cc2cccc(N)c2)c1Sc1cc(Cl)cc(Cl)c1. The lowest BCUT2D eigenvalue weighted by Gasteiger charge is -2.15. The van der Waals surface area contributed by atoms with Crippen LogP contribution in [0.15, 0.2) is 52.4 Å². The minimum atomic E-state index is -0.698. The van der Waals surface area contributed by atoms with Crippen LogP contribution in [-0.2, 0) is 6.54 Å². The first kappa shape index (κ1) is 21.1. The minimum absolute atomic E-state index is 0.191. The third kappa shape index (κ3) is 4.84. The highest BCUT2D eigenvalue weighted by atomic mass is 35.5. The number of imidazole rings is 1. The molecule has 0 aliphatic heterocycles. The third-order valence-corrected chi connectivity index (χ3v) is 5.77. The molecule has 28 heavy (non-hydrogen) atoms. The van der Waals surface area contributed by atoms with Crippen molar-refractivity contribution < 1.29 is 5.11 Å². The van der Waals surface area contributed by atoms with Gasteiger partial charge in [0.2, 0.25) is 0 Å². The standard InChI is InChI=1S/C21H23Cl2N3OS/c1-12(2)19-21(28-18-9-15(22)8-16(23)10-18)26(20(25-19)13(3)27)11-14-5-4-6-17(24)7-14/h4-10,12-13,27H,11,24H2,1-3H3. The molecule has 0 aliphatic rings. The number of aromatic nitrogens is 2. The Morgan fingerprint density at radius 2 is 1.79 bits per heavy atom. The predicted molar refractivity (Wildman–Crippen MR) is 117 cm³/mol. The van der Waals surface area contributed by atoms with E-state index in [4.69, 9.17) is 33.9 Å². The molecule has 3 rings (SSSR count). The van der Waals surface area contributed by atoms with Gasteiger partial charge in [-0.2, -0.15) is 0 Å². The van der Waals surface area contributed by atoms with E-state index in [0.717, 1.165) is 21.2 Å². The van der Waals surface area contributed by atoms with E-state index in [1.165, 1.54) is 0 Å². The molecule has 0 spiro atoms. The Hall–Kier alpha value is -1.66. The molecule has 0 radical (unpaired) electrons. The number of nitrogen functional groups attached to an aromatic ring is 1. The predicted octanol–water partition coefficient (Wildman–Crippen LogP) is 6.15. The van der Waals surface area contributed by atoms with E-state index in [-0.39, 0.29) is 5.92 Å². The van der Waals surface area contributed by atoms with Crippen LogP contribution in [-0.4, -0.2) is 14.7 Å². The third-order valence-electron chi connectivity index (χ3n) is 4.24. The molecule has 1 heterocycles. The summed E-state index contributed by atoms with van der Waals surface area (Å²) in [6, 6.07) is 13.2. The van der Waals surface area contributed by atoms with Crippen molar-refractivity contribution in [3.63, 3.8) is 0 Å². The molecule has 1 unspecified atom stereocenters. The summed E-state index contributed by atoms with van der Waals surface area (Å²) in [7, 11) is 0. The summed E-state index contributed by atoms with van der Waals surface area (Å²) in [6.07, 6.45) is -0.698. The van der Waals surface area contributed by atoms with Crippen molar-refractivity contribution in [3.05, 3.63) is 69.6 Å². The number of nitrogens with zero attached hydrogens (tertiary/aromatic N) is 2. The van der Waals surface area contributed by atoms with Crippen molar-refractivity contribution in [2.45, 2.75) is 49.3 Å². The molecule has 4 nitrogen and oxygen atoms in total. The lowest BCUT2D eigenvalue weighted by Crippen LogP contribution is -2.09. The van der Waals surface area contributed by atoms with Gasteiger partial charge in [0.15, 0.2) is 0 Å². The second-order valence-electron chi connectivity index (χ2n) is 7.03. The Balaban J connectivity index is 2.12. The van der Waals surface area contributed by atoms with Gasteiger partial charge in [-0.3, -0.25) is 0 Å². The molecule has 0 saturated heterocycles. The summed E-state index contributed by atoms with van der Waals surface area (Å²) in [5.74, 6) is 0.818. The van der Waals surface area contributed by atoms with Gasteiger partial charge in [0.25, 0.3) is 0 Å². The maximum absolute atomic E-state index is 10.4. The van der Waals surface area contributed by atoms with Crippen LogP contribution < -0.4 is 5.73 Å². The number of anilines is 1. The van der Waals surface area contributed by atoms with Gasteiger partial charge in [-0.25, -0.2) is 4.98 Å². The van der Waals surface area contributed by atoms with Crippen LogP contribution in [0, 0.1) is 0 Å². The topological polar surface area (TPSA) is 64.1 Å². The van der Waals surface area contributed by atoms with Gasteiger partial charge in [0, 0.05) is 27.2 Å². The van der Waals surface area contributed by atoms with Gasteiger partial charge < -0.3 is 15.4 Å². The number of benzene rings is 2. The Bertz CT molecular complexity index is 966. The molecule has 0 fully saturated rings.